The third-order valence-corrected chi connectivity index (χ3v) is 5.58. The van der Waals surface area contributed by atoms with Gasteiger partial charge in [0.1, 0.15) is 12.4 Å². The molecule has 0 aromatic heterocycles. The van der Waals surface area contributed by atoms with Crippen LogP contribution in [-0.2, 0) is 9.59 Å². The number of aliphatic hydroxyl groups excluding tert-OH is 1. The quantitative estimate of drug-likeness (QED) is 0.333. The normalized spacial score (nSPS) is 13.8. The molecule has 33 heavy (non-hydrogen) atoms. The summed E-state index contributed by atoms with van der Waals surface area (Å²) in [5.74, 6) is -1.07. The Hall–Kier alpha value is -3.23. The zero-order chi connectivity index (χ0) is 23.8. The lowest BCUT2D eigenvalue weighted by Gasteiger charge is -2.25. The van der Waals surface area contributed by atoms with Gasteiger partial charge in [0.05, 0.1) is 6.61 Å². The van der Waals surface area contributed by atoms with Gasteiger partial charge in [0.2, 0.25) is 5.91 Å². The predicted octanol–water partition coefficient (Wildman–Crippen LogP) is 1.62. The molecule has 2 aromatic rings. The fraction of sp³-hybridized carbons (Fsp3) is 0.400. The maximum absolute atomic E-state index is 12.8. The molecule has 0 bridgehead atoms. The average Bonchev–Trinajstić information content (AvgIpc) is 3.68. The molecule has 1 aliphatic carbocycles. The number of amides is 2. The summed E-state index contributed by atoms with van der Waals surface area (Å²) < 4.78 is 5.79. The molecule has 3 rings (SSSR count). The van der Waals surface area contributed by atoms with Gasteiger partial charge in [-0.2, -0.15) is 0 Å². The molecule has 0 aliphatic heterocycles. The predicted molar refractivity (Wildman–Crippen MR) is 125 cm³/mol. The molecule has 1 unspecified atom stereocenters. The second-order valence-corrected chi connectivity index (χ2v) is 8.09. The fourth-order valence-corrected chi connectivity index (χ4v) is 3.49. The number of rotatable bonds is 12. The number of carbonyl (C=O) groups is 3. The van der Waals surface area contributed by atoms with Gasteiger partial charge < -0.3 is 25.4 Å². The van der Waals surface area contributed by atoms with Crippen molar-refractivity contribution in [2.45, 2.75) is 31.3 Å². The molecule has 1 aliphatic rings. The smallest absolute Gasteiger partial charge is 0.254 e. The van der Waals surface area contributed by atoms with E-state index in [1.54, 1.807) is 12.1 Å². The number of nitrogens with zero attached hydrogens (tertiary/aromatic N) is 1. The van der Waals surface area contributed by atoms with Gasteiger partial charge >= 0.3 is 0 Å². The summed E-state index contributed by atoms with van der Waals surface area (Å²) in [6, 6.07) is 14.0. The van der Waals surface area contributed by atoms with Crippen LogP contribution in [0.2, 0.25) is 0 Å². The van der Waals surface area contributed by atoms with Gasteiger partial charge in [0, 0.05) is 25.7 Å². The van der Waals surface area contributed by atoms with E-state index in [1.807, 2.05) is 36.4 Å². The Morgan fingerprint density at radius 1 is 1.06 bits per heavy atom. The second-order valence-electron chi connectivity index (χ2n) is 8.09. The number of carbonyl (C=O) groups excluding carboxylic acids is 3. The lowest BCUT2D eigenvalue weighted by molar-refractivity contribution is -0.135. The van der Waals surface area contributed by atoms with Crippen molar-refractivity contribution in [2.75, 3.05) is 33.9 Å². The third-order valence-electron chi connectivity index (χ3n) is 5.58. The van der Waals surface area contributed by atoms with Crippen LogP contribution in [0.1, 0.15) is 29.6 Å². The topological polar surface area (TPSA) is 108 Å². The van der Waals surface area contributed by atoms with Crippen molar-refractivity contribution in [1.82, 2.24) is 15.5 Å². The van der Waals surface area contributed by atoms with Crippen molar-refractivity contribution in [3.63, 3.8) is 0 Å². The van der Waals surface area contributed by atoms with Gasteiger partial charge in [0.25, 0.3) is 5.91 Å². The Kier molecular flexibility index (Phi) is 8.57. The first-order valence-corrected chi connectivity index (χ1v) is 11.1. The Morgan fingerprint density at radius 3 is 2.21 bits per heavy atom. The Morgan fingerprint density at radius 2 is 1.67 bits per heavy atom. The van der Waals surface area contributed by atoms with Crippen LogP contribution in [0.3, 0.4) is 0 Å². The van der Waals surface area contributed by atoms with Crippen molar-refractivity contribution in [3.05, 3.63) is 54.1 Å². The summed E-state index contributed by atoms with van der Waals surface area (Å²) in [6.07, 6.45) is 3.54. The monoisotopic (exact) mass is 453 g/mol. The zero-order valence-electron chi connectivity index (χ0n) is 19.0. The Balaban J connectivity index is 1.58. The van der Waals surface area contributed by atoms with Crippen LogP contribution in [0, 0.1) is 0 Å². The van der Waals surface area contributed by atoms with E-state index in [0.29, 0.717) is 18.2 Å². The number of aliphatic hydroxyl groups is 1. The van der Waals surface area contributed by atoms with E-state index in [2.05, 4.69) is 10.6 Å². The molecule has 0 radical (unpaired) electrons. The summed E-state index contributed by atoms with van der Waals surface area (Å²) in [5.41, 5.74) is 2.23. The number of benzene rings is 2. The molecule has 2 amide bonds. The number of nitrogens with one attached hydrogen (secondary N) is 2. The highest BCUT2D eigenvalue weighted by Crippen LogP contribution is 2.23. The van der Waals surface area contributed by atoms with E-state index in [0.717, 1.165) is 34.7 Å². The maximum Gasteiger partial charge on any atom is 0.254 e. The van der Waals surface area contributed by atoms with E-state index < -0.39 is 30.2 Å². The first-order chi connectivity index (χ1) is 15.9. The molecule has 1 fully saturated rings. The van der Waals surface area contributed by atoms with E-state index in [-0.39, 0.29) is 0 Å². The van der Waals surface area contributed by atoms with Gasteiger partial charge in [-0.1, -0.05) is 24.3 Å². The largest absolute Gasteiger partial charge is 0.494 e. The molecule has 8 heteroatoms. The third kappa shape index (κ3) is 6.63. The summed E-state index contributed by atoms with van der Waals surface area (Å²) in [6.45, 7) is 0.811. The van der Waals surface area contributed by atoms with E-state index in [4.69, 9.17) is 9.84 Å². The molecule has 0 spiro atoms. The molecular weight excluding hydrogens is 422 g/mol. The van der Waals surface area contributed by atoms with Crippen molar-refractivity contribution in [3.8, 4) is 16.9 Å². The molecule has 2 aromatic carbocycles. The first-order valence-electron chi connectivity index (χ1n) is 11.1. The van der Waals surface area contributed by atoms with Crippen LogP contribution in [0.4, 0.5) is 0 Å². The second kappa shape index (κ2) is 11.6. The SMILES string of the molecule is CNC(=O)C(C(=O)CO)N(C)C(=O)c1ccc(-c2ccc(OCCCNC3CC3)cc2)cc1. The minimum atomic E-state index is -1.38. The van der Waals surface area contributed by atoms with Crippen LogP contribution >= 0.6 is 0 Å². The van der Waals surface area contributed by atoms with Crippen LogP contribution in [-0.4, -0.2) is 73.5 Å². The van der Waals surface area contributed by atoms with E-state index in [1.165, 1.54) is 26.9 Å². The summed E-state index contributed by atoms with van der Waals surface area (Å²) in [5, 5.41) is 15.0. The zero-order valence-corrected chi connectivity index (χ0v) is 19.0. The van der Waals surface area contributed by atoms with Crippen molar-refractivity contribution >= 4 is 17.6 Å². The molecule has 1 atom stereocenters. The molecule has 176 valence electrons. The number of ketones is 1. The number of Topliss-reactive ketones (excluding diaryl/α,β-unsaturated/α-hetero) is 1. The van der Waals surface area contributed by atoms with Gasteiger partial charge in [-0.3, -0.25) is 14.4 Å². The summed E-state index contributed by atoms with van der Waals surface area (Å²) in [7, 11) is 2.74. The molecular formula is C25H31N3O5. The van der Waals surface area contributed by atoms with Crippen molar-refractivity contribution < 1.29 is 24.2 Å². The Labute approximate surface area is 193 Å². The fourth-order valence-electron chi connectivity index (χ4n) is 3.49. The number of ether oxygens (including phenoxy) is 1. The Bertz CT molecular complexity index is 939. The number of hydrogen-bond acceptors (Lipinski definition) is 6. The summed E-state index contributed by atoms with van der Waals surface area (Å²) >= 11 is 0. The lowest BCUT2D eigenvalue weighted by Crippen LogP contribution is -2.52. The van der Waals surface area contributed by atoms with Crippen LogP contribution in [0.15, 0.2) is 48.5 Å². The van der Waals surface area contributed by atoms with Crippen LogP contribution < -0.4 is 15.4 Å². The average molecular weight is 454 g/mol. The van der Waals surface area contributed by atoms with Gasteiger partial charge in [-0.15, -0.1) is 0 Å². The van der Waals surface area contributed by atoms with E-state index >= 15 is 0 Å². The van der Waals surface area contributed by atoms with Crippen molar-refractivity contribution in [2.24, 2.45) is 0 Å². The highest BCUT2D eigenvalue weighted by Gasteiger charge is 2.32. The molecule has 8 nitrogen and oxygen atoms in total. The summed E-state index contributed by atoms with van der Waals surface area (Å²) in [4.78, 5) is 37.8. The van der Waals surface area contributed by atoms with Crippen LogP contribution in [0.25, 0.3) is 11.1 Å². The van der Waals surface area contributed by atoms with Gasteiger partial charge in [-0.05, 0) is 61.2 Å². The number of likely N-dealkylation sites (N-methyl/N-ethyl adjacent to an activating group) is 2. The first kappa shape index (κ1) is 24.4. The molecule has 1 saturated carbocycles. The maximum atomic E-state index is 12.8. The highest BCUT2D eigenvalue weighted by molar-refractivity contribution is 6.10. The molecule has 0 saturated heterocycles. The standard InChI is InChI=1S/C25H31N3O5/c1-26-24(31)23(22(30)16-29)28(2)25(32)19-6-4-17(5-7-19)18-8-12-21(13-9-18)33-15-3-14-27-20-10-11-20/h4-9,12-13,20,23,27,29H,3,10-11,14-16H2,1-2H3,(H,26,31). The van der Waals surface area contributed by atoms with E-state index in [9.17, 15) is 14.4 Å². The highest BCUT2D eigenvalue weighted by atomic mass is 16.5. The molecule has 0 heterocycles. The molecule has 3 N–H and O–H groups in total. The van der Waals surface area contributed by atoms with Gasteiger partial charge in [0.15, 0.2) is 11.8 Å². The van der Waals surface area contributed by atoms with Crippen LogP contribution in [0.5, 0.6) is 5.75 Å². The van der Waals surface area contributed by atoms with Crippen molar-refractivity contribution in [1.29, 1.82) is 0 Å². The minimum absolute atomic E-state index is 0.334. The minimum Gasteiger partial charge on any atom is -0.494 e. The number of hydrogen-bond donors (Lipinski definition) is 3. The lowest BCUT2D eigenvalue weighted by atomic mass is 10.0. The van der Waals surface area contributed by atoms with Gasteiger partial charge in [-0.25, -0.2) is 0 Å².